The van der Waals surface area contributed by atoms with Gasteiger partial charge < -0.3 is 34.4 Å². The molecule has 0 bridgehead atoms. The standard InChI is InChI=1S/C31H60N6/c1-8-9-21-28(5)12-11-22(34)29(6,17-32)20(28)10-13-30(21,7)27(4)15-19-14-26(2,3)24(36)25(37)31(19,18-33)23(35)16-27/h8,19-25H,1,9-18,32-37H2,2-7H3/t19?,20?,21?,22-,23+,24-,25-,27-,28-,29+,30+,31-/m0/s1. The van der Waals surface area contributed by atoms with Gasteiger partial charge in [0.05, 0.1) is 0 Å². The summed E-state index contributed by atoms with van der Waals surface area (Å²) in [6.45, 7) is 20.0. The van der Waals surface area contributed by atoms with Gasteiger partial charge in [0.2, 0.25) is 0 Å². The summed E-state index contributed by atoms with van der Waals surface area (Å²) in [5.41, 5.74) is 40.8. The Balaban J connectivity index is 1.77. The third-order valence-electron chi connectivity index (χ3n) is 14.0. The van der Waals surface area contributed by atoms with E-state index in [-0.39, 0.29) is 56.7 Å². The van der Waals surface area contributed by atoms with E-state index in [9.17, 15) is 0 Å². The maximum absolute atomic E-state index is 7.22. The van der Waals surface area contributed by atoms with Gasteiger partial charge in [-0.2, -0.15) is 0 Å². The molecule has 0 aliphatic heterocycles. The van der Waals surface area contributed by atoms with Crippen molar-refractivity contribution in [2.45, 2.75) is 117 Å². The zero-order valence-corrected chi connectivity index (χ0v) is 24.9. The van der Waals surface area contributed by atoms with Gasteiger partial charge in [0.15, 0.2) is 0 Å². The van der Waals surface area contributed by atoms with Gasteiger partial charge in [-0.3, -0.25) is 0 Å². The largest absolute Gasteiger partial charge is 0.330 e. The summed E-state index contributed by atoms with van der Waals surface area (Å²) in [5, 5.41) is 0. The first-order valence-corrected chi connectivity index (χ1v) is 15.1. The summed E-state index contributed by atoms with van der Waals surface area (Å²) in [6, 6.07) is -0.162. The molecule has 0 spiro atoms. The van der Waals surface area contributed by atoms with Crippen molar-refractivity contribution in [3.8, 4) is 0 Å². The van der Waals surface area contributed by atoms with E-state index in [1.807, 2.05) is 0 Å². The summed E-state index contributed by atoms with van der Waals surface area (Å²) in [5.74, 6) is 1.40. The van der Waals surface area contributed by atoms with Crippen molar-refractivity contribution in [2.75, 3.05) is 13.1 Å². The second kappa shape index (κ2) is 9.27. The fourth-order valence-corrected chi connectivity index (χ4v) is 11.2. The summed E-state index contributed by atoms with van der Waals surface area (Å²) >= 11 is 0. The van der Waals surface area contributed by atoms with E-state index in [1.54, 1.807) is 0 Å². The molecule has 12 N–H and O–H groups in total. The molecular weight excluding hydrogens is 456 g/mol. The van der Waals surface area contributed by atoms with Crippen molar-refractivity contribution in [2.24, 2.45) is 84.6 Å². The average molecular weight is 517 g/mol. The van der Waals surface area contributed by atoms with Crippen LogP contribution in [0.2, 0.25) is 0 Å². The molecule has 0 radical (unpaired) electrons. The van der Waals surface area contributed by atoms with Gasteiger partial charge in [-0.05, 0) is 103 Å². The fraction of sp³-hybridized carbons (Fsp3) is 0.935. The highest BCUT2D eigenvalue weighted by Gasteiger charge is 2.68. The molecule has 4 rings (SSSR count). The Morgan fingerprint density at radius 1 is 0.784 bits per heavy atom. The van der Waals surface area contributed by atoms with E-state index in [2.05, 4.69) is 54.2 Å². The number of rotatable bonds is 5. The van der Waals surface area contributed by atoms with Crippen LogP contribution < -0.4 is 34.4 Å². The molecule has 6 nitrogen and oxygen atoms in total. The average Bonchev–Trinajstić information content (AvgIpc) is 2.82. The predicted octanol–water partition coefficient (Wildman–Crippen LogP) is 3.46. The lowest BCUT2D eigenvalue weighted by Gasteiger charge is -2.71. The van der Waals surface area contributed by atoms with Crippen LogP contribution in [0.5, 0.6) is 0 Å². The molecule has 12 atom stereocenters. The molecule has 4 aliphatic rings. The second-order valence-electron chi connectivity index (χ2n) is 15.8. The van der Waals surface area contributed by atoms with Crippen LogP contribution in [-0.2, 0) is 0 Å². The zero-order valence-electron chi connectivity index (χ0n) is 24.9. The zero-order chi connectivity index (χ0) is 27.8. The summed E-state index contributed by atoms with van der Waals surface area (Å²) in [6.07, 6.45) is 10.8. The van der Waals surface area contributed by atoms with Crippen LogP contribution in [0.3, 0.4) is 0 Å². The van der Waals surface area contributed by atoms with Crippen LogP contribution >= 0.6 is 0 Å². The monoisotopic (exact) mass is 516 g/mol. The van der Waals surface area contributed by atoms with E-state index < -0.39 is 0 Å². The number of fused-ring (bicyclic) bond motifs is 2. The van der Waals surface area contributed by atoms with E-state index in [4.69, 9.17) is 34.4 Å². The third-order valence-corrected chi connectivity index (χ3v) is 14.0. The van der Waals surface area contributed by atoms with Gasteiger partial charge in [0.25, 0.3) is 0 Å². The molecule has 214 valence electrons. The van der Waals surface area contributed by atoms with Crippen LogP contribution in [0.1, 0.15) is 92.9 Å². The smallest absolute Gasteiger partial charge is 0.0284 e. The van der Waals surface area contributed by atoms with Crippen LogP contribution in [-0.4, -0.2) is 37.3 Å². The van der Waals surface area contributed by atoms with Crippen molar-refractivity contribution >= 4 is 0 Å². The topological polar surface area (TPSA) is 156 Å². The highest BCUT2D eigenvalue weighted by atomic mass is 14.9. The Hall–Kier alpha value is -0.500. The van der Waals surface area contributed by atoms with Crippen molar-refractivity contribution in [3.05, 3.63) is 12.7 Å². The summed E-state index contributed by atoms with van der Waals surface area (Å²) < 4.78 is 0. The predicted molar refractivity (Wildman–Crippen MR) is 156 cm³/mol. The quantitative estimate of drug-likeness (QED) is 0.307. The van der Waals surface area contributed by atoms with Crippen molar-refractivity contribution in [1.29, 1.82) is 0 Å². The van der Waals surface area contributed by atoms with Gasteiger partial charge in [-0.25, -0.2) is 0 Å². The van der Waals surface area contributed by atoms with Gasteiger partial charge in [0.1, 0.15) is 0 Å². The fourth-order valence-electron chi connectivity index (χ4n) is 11.2. The molecule has 4 saturated carbocycles. The van der Waals surface area contributed by atoms with Crippen LogP contribution in [0, 0.1) is 50.2 Å². The molecule has 0 aromatic heterocycles. The van der Waals surface area contributed by atoms with Crippen LogP contribution in [0.4, 0.5) is 0 Å². The minimum atomic E-state index is -0.296. The maximum atomic E-state index is 7.22. The Kier molecular flexibility index (Phi) is 7.39. The van der Waals surface area contributed by atoms with E-state index in [0.717, 1.165) is 38.5 Å². The maximum Gasteiger partial charge on any atom is 0.0284 e. The molecule has 3 unspecified atom stereocenters. The summed E-state index contributed by atoms with van der Waals surface area (Å²) in [7, 11) is 0. The number of nitrogens with two attached hydrogens (primary N) is 6. The van der Waals surface area contributed by atoms with E-state index in [1.165, 1.54) is 12.8 Å². The minimum absolute atomic E-state index is 0.0252. The van der Waals surface area contributed by atoms with E-state index in [0.29, 0.717) is 30.8 Å². The lowest BCUT2D eigenvalue weighted by atomic mass is 9.35. The SMILES string of the molecule is C=CCC1[C@@]2(C)CC[C@H](N)[C@](C)(CN)C2CC[C@@]1(C)[C@@]1(C)CC2CC(C)(C)[C@@H](N)[C@H](N)[C@]2(CN)[C@H](N)C1. The molecule has 0 amide bonds. The molecule has 0 saturated heterocycles. The molecule has 0 heterocycles. The molecule has 0 aromatic rings. The molecule has 4 fully saturated rings. The Labute approximate surface area is 227 Å². The normalized spacial score (nSPS) is 55.7. The van der Waals surface area contributed by atoms with Crippen molar-refractivity contribution in [1.82, 2.24) is 0 Å². The van der Waals surface area contributed by atoms with Crippen LogP contribution in [0.15, 0.2) is 12.7 Å². The number of hydrogen-bond donors (Lipinski definition) is 6. The van der Waals surface area contributed by atoms with Gasteiger partial charge in [-0.1, -0.05) is 47.6 Å². The highest BCUT2D eigenvalue weighted by Crippen LogP contribution is 2.72. The summed E-state index contributed by atoms with van der Waals surface area (Å²) in [4.78, 5) is 0. The lowest BCUT2D eigenvalue weighted by Crippen LogP contribution is -2.75. The molecule has 37 heavy (non-hydrogen) atoms. The van der Waals surface area contributed by atoms with Crippen molar-refractivity contribution in [3.63, 3.8) is 0 Å². The van der Waals surface area contributed by atoms with Crippen LogP contribution in [0.25, 0.3) is 0 Å². The molecule has 6 heteroatoms. The second-order valence-corrected chi connectivity index (χ2v) is 15.8. The minimum Gasteiger partial charge on any atom is -0.330 e. The van der Waals surface area contributed by atoms with E-state index >= 15 is 0 Å². The number of hydrogen-bond acceptors (Lipinski definition) is 6. The van der Waals surface area contributed by atoms with Gasteiger partial charge >= 0.3 is 0 Å². The first-order valence-electron chi connectivity index (χ1n) is 15.1. The third kappa shape index (κ3) is 3.79. The molecule has 0 aromatic carbocycles. The Morgan fingerprint density at radius 3 is 2.00 bits per heavy atom. The highest BCUT2D eigenvalue weighted by molar-refractivity contribution is 5.21. The van der Waals surface area contributed by atoms with Gasteiger partial charge in [0, 0.05) is 36.1 Å². The van der Waals surface area contributed by atoms with Gasteiger partial charge in [-0.15, -0.1) is 6.58 Å². The molecule has 4 aliphatic carbocycles. The molecular formula is C31H60N6. The Bertz CT molecular complexity index is 876. The number of allylic oxidation sites excluding steroid dienone is 1. The Morgan fingerprint density at radius 2 is 1.43 bits per heavy atom. The lowest BCUT2D eigenvalue weighted by molar-refractivity contribution is -0.202. The first-order chi connectivity index (χ1) is 17.0. The van der Waals surface area contributed by atoms with Crippen molar-refractivity contribution < 1.29 is 0 Å². The first kappa shape index (κ1) is 29.5.